The van der Waals surface area contributed by atoms with Gasteiger partial charge in [0.1, 0.15) is 0 Å². The van der Waals surface area contributed by atoms with Crippen molar-refractivity contribution in [3.05, 3.63) is 26.9 Å². The lowest BCUT2D eigenvalue weighted by atomic mass is 10.0. The molecule has 14 heavy (non-hydrogen) atoms. The second-order valence-electron chi connectivity index (χ2n) is 3.67. The molecule has 0 saturated heterocycles. The number of nitrogens with zero attached hydrogens (tertiary/aromatic N) is 1. The van der Waals surface area contributed by atoms with E-state index in [9.17, 15) is 5.11 Å². The van der Waals surface area contributed by atoms with Gasteiger partial charge in [-0.25, -0.2) is 0 Å². The Morgan fingerprint density at radius 3 is 2.57 bits per heavy atom. The molecule has 0 fully saturated rings. The Labute approximate surface area is 101 Å². The molecular formula is C10H13Br2NO. The summed E-state index contributed by atoms with van der Waals surface area (Å²) < 4.78 is 1.75. The van der Waals surface area contributed by atoms with E-state index in [0.29, 0.717) is 11.6 Å². The summed E-state index contributed by atoms with van der Waals surface area (Å²) in [6.45, 7) is 4.16. The van der Waals surface area contributed by atoms with Crippen LogP contribution in [0.4, 0.5) is 0 Å². The van der Waals surface area contributed by atoms with Crippen LogP contribution in [0.5, 0.6) is 0 Å². The van der Waals surface area contributed by atoms with Crippen molar-refractivity contribution in [3.63, 3.8) is 0 Å². The molecule has 1 aromatic rings. The molecule has 0 aromatic carbocycles. The average molecular weight is 323 g/mol. The highest BCUT2D eigenvalue weighted by molar-refractivity contribution is 9.11. The van der Waals surface area contributed by atoms with Crippen molar-refractivity contribution in [2.75, 3.05) is 0 Å². The number of halogens is 2. The fourth-order valence-corrected chi connectivity index (χ4v) is 2.48. The summed E-state index contributed by atoms with van der Waals surface area (Å²) >= 11 is 6.71. The van der Waals surface area contributed by atoms with Gasteiger partial charge < -0.3 is 5.11 Å². The standard InChI is InChI=1S/C10H13Br2NO/c1-6(2)3-9(14)10-8(12)4-7(11)5-13-10/h4-6,9,14H,3H2,1-2H3. The molecule has 1 unspecified atom stereocenters. The monoisotopic (exact) mass is 321 g/mol. The lowest BCUT2D eigenvalue weighted by Gasteiger charge is -2.13. The Hall–Kier alpha value is 0.0700. The van der Waals surface area contributed by atoms with E-state index >= 15 is 0 Å². The highest BCUT2D eigenvalue weighted by Gasteiger charge is 2.14. The molecule has 0 spiro atoms. The molecule has 78 valence electrons. The molecule has 4 heteroatoms. The Bertz CT molecular complexity index is 315. The molecule has 0 aliphatic carbocycles. The summed E-state index contributed by atoms with van der Waals surface area (Å²) in [6, 6.07) is 1.89. The zero-order valence-corrected chi connectivity index (χ0v) is 11.3. The summed E-state index contributed by atoms with van der Waals surface area (Å²) in [5.41, 5.74) is 0.710. The zero-order chi connectivity index (χ0) is 10.7. The van der Waals surface area contributed by atoms with E-state index in [2.05, 4.69) is 50.7 Å². The van der Waals surface area contributed by atoms with Crippen LogP contribution in [0.3, 0.4) is 0 Å². The third-order valence-corrected chi connectivity index (χ3v) is 2.92. The smallest absolute Gasteiger partial charge is 0.0973 e. The Kier molecular flexibility index (Phi) is 4.54. The molecule has 1 rings (SSSR count). The minimum absolute atomic E-state index is 0.461. The van der Waals surface area contributed by atoms with Gasteiger partial charge in [-0.1, -0.05) is 13.8 Å². The lowest BCUT2D eigenvalue weighted by Crippen LogP contribution is -2.04. The van der Waals surface area contributed by atoms with Crippen LogP contribution in [-0.4, -0.2) is 10.1 Å². The van der Waals surface area contributed by atoms with Crippen molar-refractivity contribution < 1.29 is 5.11 Å². The first-order valence-electron chi connectivity index (χ1n) is 4.49. The molecule has 0 aliphatic heterocycles. The first-order chi connectivity index (χ1) is 6.50. The summed E-state index contributed by atoms with van der Waals surface area (Å²) in [4.78, 5) is 4.19. The molecule has 1 aromatic heterocycles. The Balaban J connectivity index is 2.84. The number of aliphatic hydroxyl groups is 1. The van der Waals surface area contributed by atoms with Crippen LogP contribution in [0.25, 0.3) is 0 Å². The van der Waals surface area contributed by atoms with Gasteiger partial charge in [0, 0.05) is 15.1 Å². The average Bonchev–Trinajstić information content (AvgIpc) is 2.01. The van der Waals surface area contributed by atoms with Gasteiger partial charge in [-0.15, -0.1) is 0 Å². The summed E-state index contributed by atoms with van der Waals surface area (Å²) in [7, 11) is 0. The highest BCUT2D eigenvalue weighted by Crippen LogP contribution is 2.27. The molecule has 2 nitrogen and oxygen atoms in total. The SMILES string of the molecule is CC(C)CC(O)c1ncc(Br)cc1Br. The summed E-state index contributed by atoms with van der Waals surface area (Å²) in [5.74, 6) is 0.461. The second-order valence-corrected chi connectivity index (χ2v) is 5.44. The number of aliphatic hydroxyl groups excluding tert-OH is 1. The predicted octanol–water partition coefficient (Wildman–Crippen LogP) is 3.69. The summed E-state index contributed by atoms with van der Waals surface area (Å²) in [5, 5.41) is 9.85. The molecule has 0 aliphatic rings. The van der Waals surface area contributed by atoms with Crippen molar-refractivity contribution in [2.24, 2.45) is 5.92 Å². The maximum absolute atomic E-state index is 9.85. The van der Waals surface area contributed by atoms with Crippen molar-refractivity contribution in [2.45, 2.75) is 26.4 Å². The minimum atomic E-state index is -0.488. The number of aromatic nitrogens is 1. The minimum Gasteiger partial charge on any atom is -0.387 e. The molecular weight excluding hydrogens is 310 g/mol. The maximum Gasteiger partial charge on any atom is 0.0973 e. The second kappa shape index (κ2) is 5.24. The molecule has 1 atom stereocenters. The van der Waals surface area contributed by atoms with Crippen molar-refractivity contribution in [3.8, 4) is 0 Å². The van der Waals surface area contributed by atoms with E-state index in [1.165, 1.54) is 0 Å². The van der Waals surface area contributed by atoms with Crippen LogP contribution in [0.2, 0.25) is 0 Å². The number of pyridine rings is 1. The molecule has 0 radical (unpaired) electrons. The van der Waals surface area contributed by atoms with Crippen LogP contribution < -0.4 is 0 Å². The highest BCUT2D eigenvalue weighted by atomic mass is 79.9. The predicted molar refractivity (Wildman–Crippen MR) is 64.1 cm³/mol. The van der Waals surface area contributed by atoms with Crippen LogP contribution in [0.1, 0.15) is 32.1 Å². The topological polar surface area (TPSA) is 33.1 Å². The fraction of sp³-hybridized carbons (Fsp3) is 0.500. The molecule has 0 amide bonds. The van der Waals surface area contributed by atoms with Crippen LogP contribution in [-0.2, 0) is 0 Å². The normalized spacial score (nSPS) is 13.3. The van der Waals surface area contributed by atoms with E-state index in [-0.39, 0.29) is 0 Å². The third-order valence-electron chi connectivity index (χ3n) is 1.85. The van der Waals surface area contributed by atoms with Crippen LogP contribution >= 0.6 is 31.9 Å². The lowest BCUT2D eigenvalue weighted by molar-refractivity contribution is 0.146. The van der Waals surface area contributed by atoms with Gasteiger partial charge in [-0.2, -0.15) is 0 Å². The number of rotatable bonds is 3. The van der Waals surface area contributed by atoms with E-state index < -0.39 is 6.10 Å². The number of hydrogen-bond acceptors (Lipinski definition) is 2. The van der Waals surface area contributed by atoms with Gasteiger partial charge in [0.15, 0.2) is 0 Å². The van der Waals surface area contributed by atoms with Crippen molar-refractivity contribution in [1.29, 1.82) is 0 Å². The first-order valence-corrected chi connectivity index (χ1v) is 6.08. The van der Waals surface area contributed by atoms with E-state index in [0.717, 1.165) is 15.4 Å². The van der Waals surface area contributed by atoms with Gasteiger partial charge in [0.2, 0.25) is 0 Å². The van der Waals surface area contributed by atoms with Gasteiger partial charge in [0.05, 0.1) is 11.8 Å². The quantitative estimate of drug-likeness (QED) is 0.920. The van der Waals surface area contributed by atoms with Crippen molar-refractivity contribution >= 4 is 31.9 Å². The van der Waals surface area contributed by atoms with E-state index in [4.69, 9.17) is 0 Å². The van der Waals surface area contributed by atoms with Crippen LogP contribution in [0, 0.1) is 5.92 Å². The molecule has 0 saturated carbocycles. The Morgan fingerprint density at radius 2 is 2.07 bits per heavy atom. The summed E-state index contributed by atoms with van der Waals surface area (Å²) in [6.07, 6.45) is 1.94. The third kappa shape index (κ3) is 3.33. The molecule has 0 bridgehead atoms. The van der Waals surface area contributed by atoms with E-state index in [1.807, 2.05) is 6.07 Å². The van der Waals surface area contributed by atoms with Gasteiger partial charge in [-0.05, 0) is 50.3 Å². The zero-order valence-electron chi connectivity index (χ0n) is 8.17. The van der Waals surface area contributed by atoms with Crippen molar-refractivity contribution in [1.82, 2.24) is 4.98 Å². The van der Waals surface area contributed by atoms with Crippen LogP contribution in [0.15, 0.2) is 21.2 Å². The molecule has 1 heterocycles. The Morgan fingerprint density at radius 1 is 1.43 bits per heavy atom. The van der Waals surface area contributed by atoms with Gasteiger partial charge >= 0.3 is 0 Å². The maximum atomic E-state index is 9.85. The van der Waals surface area contributed by atoms with E-state index in [1.54, 1.807) is 6.20 Å². The first kappa shape index (κ1) is 12.1. The number of hydrogen-bond donors (Lipinski definition) is 1. The largest absolute Gasteiger partial charge is 0.387 e. The van der Waals surface area contributed by atoms with Gasteiger partial charge in [-0.3, -0.25) is 4.98 Å². The van der Waals surface area contributed by atoms with Gasteiger partial charge in [0.25, 0.3) is 0 Å². The molecule has 1 N–H and O–H groups in total. The fourth-order valence-electron chi connectivity index (χ4n) is 1.23.